The number of hydrogen-bond acceptors (Lipinski definition) is 4. The van der Waals surface area contributed by atoms with E-state index in [-0.39, 0.29) is 11.1 Å². The van der Waals surface area contributed by atoms with Gasteiger partial charge in [-0.2, -0.15) is 5.26 Å². The van der Waals surface area contributed by atoms with Gasteiger partial charge in [-0.05, 0) is 30.7 Å². The molecule has 22 heavy (non-hydrogen) atoms. The Morgan fingerprint density at radius 2 is 1.86 bits per heavy atom. The van der Waals surface area contributed by atoms with Gasteiger partial charge in [0, 0.05) is 43.1 Å². The van der Waals surface area contributed by atoms with E-state index in [1.54, 1.807) is 0 Å². The zero-order valence-corrected chi connectivity index (χ0v) is 12.5. The highest BCUT2D eigenvalue weighted by atomic mass is 16.1. The van der Waals surface area contributed by atoms with E-state index in [0.717, 1.165) is 37.4 Å². The van der Waals surface area contributed by atoms with Gasteiger partial charge in [-0.15, -0.1) is 0 Å². The highest BCUT2D eigenvalue weighted by Crippen LogP contribution is 2.25. The third-order valence-corrected chi connectivity index (χ3v) is 3.94. The van der Waals surface area contributed by atoms with Crippen molar-refractivity contribution in [1.82, 2.24) is 10.3 Å². The quantitative estimate of drug-likeness (QED) is 0.883. The summed E-state index contributed by atoms with van der Waals surface area (Å²) in [6.45, 7) is 5.79. The number of piperazine rings is 1. The Hall–Kier alpha value is -2.58. The van der Waals surface area contributed by atoms with Gasteiger partial charge >= 0.3 is 0 Å². The van der Waals surface area contributed by atoms with Gasteiger partial charge in [0.2, 0.25) is 0 Å². The SMILES string of the molecule is Cc1cc(-c2ccc(N3CCNCC3)cc2)c(C#N)c(=O)[nH]1. The minimum atomic E-state index is -0.330. The molecule has 5 nitrogen and oxygen atoms in total. The lowest BCUT2D eigenvalue weighted by Gasteiger charge is -2.29. The van der Waals surface area contributed by atoms with Crippen molar-refractivity contribution in [3.63, 3.8) is 0 Å². The molecule has 0 amide bonds. The molecule has 112 valence electrons. The molecule has 0 bridgehead atoms. The van der Waals surface area contributed by atoms with Crippen LogP contribution in [0, 0.1) is 18.3 Å². The van der Waals surface area contributed by atoms with Crippen molar-refractivity contribution in [2.75, 3.05) is 31.1 Å². The number of nitrogens with one attached hydrogen (secondary N) is 2. The van der Waals surface area contributed by atoms with Gasteiger partial charge < -0.3 is 15.2 Å². The van der Waals surface area contributed by atoms with Crippen molar-refractivity contribution in [1.29, 1.82) is 5.26 Å². The maximum Gasteiger partial charge on any atom is 0.266 e. The number of anilines is 1. The van der Waals surface area contributed by atoms with Crippen molar-refractivity contribution in [3.8, 4) is 17.2 Å². The predicted octanol–water partition coefficient (Wildman–Crippen LogP) is 1.63. The lowest BCUT2D eigenvalue weighted by Crippen LogP contribution is -2.43. The minimum absolute atomic E-state index is 0.167. The van der Waals surface area contributed by atoms with E-state index in [4.69, 9.17) is 0 Å². The molecule has 0 unspecified atom stereocenters. The first-order chi connectivity index (χ1) is 10.7. The first-order valence-corrected chi connectivity index (χ1v) is 7.39. The summed E-state index contributed by atoms with van der Waals surface area (Å²) < 4.78 is 0. The second-order valence-electron chi connectivity index (χ2n) is 5.47. The second-order valence-corrected chi connectivity index (χ2v) is 5.47. The smallest absolute Gasteiger partial charge is 0.266 e. The van der Waals surface area contributed by atoms with Crippen LogP contribution in [0.1, 0.15) is 11.3 Å². The summed E-state index contributed by atoms with van der Waals surface area (Å²) in [4.78, 5) is 16.9. The summed E-state index contributed by atoms with van der Waals surface area (Å²) >= 11 is 0. The normalized spacial score (nSPS) is 14.6. The molecule has 1 aromatic carbocycles. The van der Waals surface area contributed by atoms with Gasteiger partial charge in [0.05, 0.1) is 0 Å². The van der Waals surface area contributed by atoms with Gasteiger partial charge in [0.15, 0.2) is 0 Å². The van der Waals surface area contributed by atoms with E-state index in [1.807, 2.05) is 31.2 Å². The van der Waals surface area contributed by atoms with Gasteiger partial charge in [-0.3, -0.25) is 4.79 Å². The number of hydrogen-bond donors (Lipinski definition) is 2. The molecule has 2 N–H and O–H groups in total. The van der Waals surface area contributed by atoms with Crippen molar-refractivity contribution >= 4 is 5.69 Å². The molecular weight excluding hydrogens is 276 g/mol. The molecule has 1 aliphatic heterocycles. The zero-order chi connectivity index (χ0) is 15.5. The molecule has 2 heterocycles. The fourth-order valence-corrected chi connectivity index (χ4v) is 2.80. The number of rotatable bonds is 2. The maximum absolute atomic E-state index is 11.9. The first kappa shape index (κ1) is 14.4. The average molecular weight is 294 g/mol. The van der Waals surface area contributed by atoms with E-state index in [9.17, 15) is 10.1 Å². The number of H-pyrrole nitrogens is 1. The summed E-state index contributed by atoms with van der Waals surface area (Å²) in [5.74, 6) is 0. The van der Waals surface area contributed by atoms with Crippen LogP contribution in [0.2, 0.25) is 0 Å². The highest BCUT2D eigenvalue weighted by molar-refractivity contribution is 5.72. The Morgan fingerprint density at radius 1 is 1.18 bits per heavy atom. The molecule has 5 heteroatoms. The monoisotopic (exact) mass is 294 g/mol. The molecular formula is C17H18N4O. The Kier molecular flexibility index (Phi) is 3.94. The van der Waals surface area contributed by atoms with Gasteiger partial charge in [0.25, 0.3) is 5.56 Å². The number of pyridine rings is 1. The van der Waals surface area contributed by atoms with Crippen molar-refractivity contribution in [2.24, 2.45) is 0 Å². The molecule has 0 atom stereocenters. The Balaban J connectivity index is 1.97. The number of aromatic amines is 1. The summed E-state index contributed by atoms with van der Waals surface area (Å²) in [5, 5.41) is 12.6. The van der Waals surface area contributed by atoms with Crippen molar-refractivity contribution < 1.29 is 0 Å². The van der Waals surface area contributed by atoms with Crippen LogP contribution in [0.15, 0.2) is 35.1 Å². The van der Waals surface area contributed by atoms with Crippen molar-refractivity contribution in [3.05, 3.63) is 51.9 Å². The number of nitrogens with zero attached hydrogens (tertiary/aromatic N) is 2. The van der Waals surface area contributed by atoms with Crippen LogP contribution in [0.3, 0.4) is 0 Å². The molecule has 2 aromatic rings. The van der Waals surface area contributed by atoms with Crippen LogP contribution in [0.5, 0.6) is 0 Å². The van der Waals surface area contributed by atoms with Crippen LogP contribution >= 0.6 is 0 Å². The second kappa shape index (κ2) is 6.04. The number of nitriles is 1. The number of aryl methyl sites for hydroxylation is 1. The molecule has 1 saturated heterocycles. The summed E-state index contributed by atoms with van der Waals surface area (Å²) in [6, 6.07) is 11.9. The molecule has 1 aliphatic rings. The maximum atomic E-state index is 11.9. The lowest BCUT2D eigenvalue weighted by molar-refractivity contribution is 0.589. The molecule has 0 saturated carbocycles. The van der Waals surface area contributed by atoms with Crippen LogP contribution in [-0.2, 0) is 0 Å². The highest BCUT2D eigenvalue weighted by Gasteiger charge is 2.13. The van der Waals surface area contributed by atoms with E-state index in [2.05, 4.69) is 27.3 Å². The third-order valence-electron chi connectivity index (χ3n) is 3.94. The van der Waals surface area contributed by atoms with E-state index in [0.29, 0.717) is 5.56 Å². The molecule has 1 aromatic heterocycles. The van der Waals surface area contributed by atoms with Gasteiger partial charge in [-0.1, -0.05) is 12.1 Å². The Morgan fingerprint density at radius 3 is 2.50 bits per heavy atom. The van der Waals surface area contributed by atoms with E-state index in [1.165, 1.54) is 5.69 Å². The lowest BCUT2D eigenvalue weighted by atomic mass is 10.0. The predicted molar refractivity (Wildman–Crippen MR) is 87.0 cm³/mol. The minimum Gasteiger partial charge on any atom is -0.369 e. The largest absolute Gasteiger partial charge is 0.369 e. The molecule has 3 rings (SSSR count). The zero-order valence-electron chi connectivity index (χ0n) is 12.5. The standard InChI is InChI=1S/C17H18N4O/c1-12-10-15(16(11-18)17(22)20-12)13-2-4-14(5-3-13)21-8-6-19-7-9-21/h2-5,10,19H,6-9H2,1H3,(H,20,22). The fraction of sp³-hybridized carbons (Fsp3) is 0.294. The molecule has 0 radical (unpaired) electrons. The summed E-state index contributed by atoms with van der Waals surface area (Å²) in [7, 11) is 0. The van der Waals surface area contributed by atoms with Crippen LogP contribution in [0.25, 0.3) is 11.1 Å². The van der Waals surface area contributed by atoms with E-state index >= 15 is 0 Å². The van der Waals surface area contributed by atoms with Crippen LogP contribution in [-0.4, -0.2) is 31.2 Å². The summed E-state index contributed by atoms with van der Waals surface area (Å²) in [6.07, 6.45) is 0. The number of benzene rings is 1. The molecule has 0 spiro atoms. The fourth-order valence-electron chi connectivity index (χ4n) is 2.80. The summed E-state index contributed by atoms with van der Waals surface area (Å²) in [5.41, 5.74) is 3.35. The van der Waals surface area contributed by atoms with Crippen LogP contribution < -0.4 is 15.8 Å². The number of aromatic nitrogens is 1. The molecule has 0 aliphatic carbocycles. The van der Waals surface area contributed by atoms with E-state index < -0.39 is 0 Å². The first-order valence-electron chi connectivity index (χ1n) is 7.39. The third kappa shape index (κ3) is 2.74. The Labute approximate surface area is 129 Å². The van der Waals surface area contributed by atoms with Crippen LogP contribution in [0.4, 0.5) is 5.69 Å². The van der Waals surface area contributed by atoms with Crippen molar-refractivity contribution in [2.45, 2.75) is 6.92 Å². The van der Waals surface area contributed by atoms with Gasteiger partial charge in [-0.25, -0.2) is 0 Å². The topological polar surface area (TPSA) is 71.9 Å². The Bertz CT molecular complexity index is 765. The van der Waals surface area contributed by atoms with Gasteiger partial charge in [0.1, 0.15) is 11.6 Å². The average Bonchev–Trinajstić information content (AvgIpc) is 2.55. The molecule has 1 fully saturated rings.